The van der Waals surface area contributed by atoms with Crippen LogP contribution in [0.3, 0.4) is 0 Å². The molecule has 1 heterocycles. The zero-order valence-corrected chi connectivity index (χ0v) is 10.5. The van der Waals surface area contributed by atoms with Crippen LogP contribution >= 0.6 is 15.9 Å². The summed E-state index contributed by atoms with van der Waals surface area (Å²) in [5.41, 5.74) is 0.245. The van der Waals surface area contributed by atoms with Crippen LogP contribution in [-0.4, -0.2) is 10.9 Å². The molecule has 0 bridgehead atoms. The van der Waals surface area contributed by atoms with Crippen LogP contribution in [0.2, 0.25) is 0 Å². The number of pyridine rings is 1. The Balaban J connectivity index is 2.19. The molecule has 3 nitrogen and oxygen atoms in total. The molecule has 6 heteroatoms. The topological polar surface area (TPSA) is 42.0 Å². The lowest BCUT2D eigenvalue weighted by Crippen LogP contribution is -2.13. The highest BCUT2D eigenvalue weighted by atomic mass is 79.9. The number of halogens is 3. The van der Waals surface area contributed by atoms with Crippen molar-refractivity contribution in [2.75, 3.05) is 5.32 Å². The Kier molecular flexibility index (Phi) is 3.66. The van der Waals surface area contributed by atoms with Crippen LogP contribution in [0.4, 0.5) is 14.6 Å². The summed E-state index contributed by atoms with van der Waals surface area (Å²) < 4.78 is 26.0. The molecule has 2 rings (SSSR count). The molecule has 0 fully saturated rings. The van der Waals surface area contributed by atoms with Crippen molar-refractivity contribution < 1.29 is 13.6 Å². The maximum absolute atomic E-state index is 13.0. The summed E-state index contributed by atoms with van der Waals surface area (Å²) in [4.78, 5) is 15.3. The first-order valence-corrected chi connectivity index (χ1v) is 5.74. The molecule has 0 aliphatic carbocycles. The zero-order chi connectivity index (χ0) is 13.1. The fourth-order valence-corrected chi connectivity index (χ4v) is 1.68. The monoisotopic (exact) mass is 312 g/mol. The third-order valence-corrected chi connectivity index (χ3v) is 2.75. The van der Waals surface area contributed by atoms with Crippen LogP contribution in [0.1, 0.15) is 10.4 Å². The van der Waals surface area contributed by atoms with E-state index in [1.807, 2.05) is 0 Å². The average Bonchev–Trinajstić information content (AvgIpc) is 2.32. The number of rotatable bonds is 2. The standard InChI is InChI=1S/C12H7BrF2N2O/c13-8-6-7(4-5-9(8)14)12(18)17-11-3-1-2-10(15)16-11/h1-6H,(H,16,17,18). The van der Waals surface area contributed by atoms with Crippen LogP contribution in [0, 0.1) is 11.8 Å². The molecule has 0 saturated carbocycles. The van der Waals surface area contributed by atoms with Crippen LogP contribution < -0.4 is 5.32 Å². The highest BCUT2D eigenvalue weighted by Gasteiger charge is 2.09. The van der Waals surface area contributed by atoms with Crippen molar-refractivity contribution in [1.29, 1.82) is 0 Å². The first-order valence-electron chi connectivity index (χ1n) is 4.95. The van der Waals surface area contributed by atoms with Crippen LogP contribution in [-0.2, 0) is 0 Å². The molecule has 1 aromatic carbocycles. The quantitative estimate of drug-likeness (QED) is 0.864. The number of anilines is 1. The number of benzene rings is 1. The zero-order valence-electron chi connectivity index (χ0n) is 8.95. The number of aromatic nitrogens is 1. The van der Waals surface area contributed by atoms with Gasteiger partial charge in [0.25, 0.3) is 5.91 Å². The lowest BCUT2D eigenvalue weighted by Gasteiger charge is -2.05. The van der Waals surface area contributed by atoms with Crippen molar-refractivity contribution in [2.45, 2.75) is 0 Å². The molecule has 1 aromatic heterocycles. The van der Waals surface area contributed by atoms with E-state index in [0.717, 1.165) is 6.07 Å². The molecule has 0 saturated heterocycles. The number of hydrogen-bond acceptors (Lipinski definition) is 2. The van der Waals surface area contributed by atoms with E-state index in [2.05, 4.69) is 26.2 Å². The Morgan fingerprint density at radius 3 is 2.67 bits per heavy atom. The summed E-state index contributed by atoms with van der Waals surface area (Å²) in [5, 5.41) is 2.41. The molecule has 92 valence electrons. The van der Waals surface area contributed by atoms with E-state index in [4.69, 9.17) is 0 Å². The predicted molar refractivity (Wildman–Crippen MR) is 66.2 cm³/mol. The Hall–Kier alpha value is -1.82. The molecule has 0 aliphatic rings. The molecule has 2 aromatic rings. The molecule has 0 spiro atoms. The number of nitrogens with one attached hydrogen (secondary N) is 1. The van der Waals surface area contributed by atoms with E-state index in [1.165, 1.54) is 30.3 Å². The van der Waals surface area contributed by atoms with Crippen molar-refractivity contribution in [2.24, 2.45) is 0 Å². The second-order valence-electron chi connectivity index (χ2n) is 3.43. The van der Waals surface area contributed by atoms with E-state index in [-0.39, 0.29) is 15.9 Å². The molecule has 0 radical (unpaired) electrons. The normalized spacial score (nSPS) is 10.2. The first kappa shape index (κ1) is 12.6. The minimum Gasteiger partial charge on any atom is -0.306 e. The smallest absolute Gasteiger partial charge is 0.256 e. The van der Waals surface area contributed by atoms with Crippen LogP contribution in [0.5, 0.6) is 0 Å². The third kappa shape index (κ3) is 2.89. The molecular weight excluding hydrogens is 306 g/mol. The Morgan fingerprint density at radius 1 is 1.22 bits per heavy atom. The van der Waals surface area contributed by atoms with E-state index in [9.17, 15) is 13.6 Å². The van der Waals surface area contributed by atoms with E-state index < -0.39 is 17.7 Å². The van der Waals surface area contributed by atoms with Crippen molar-refractivity contribution in [3.8, 4) is 0 Å². The predicted octanol–water partition coefficient (Wildman–Crippen LogP) is 3.37. The summed E-state index contributed by atoms with van der Waals surface area (Å²) in [6, 6.07) is 7.89. The molecule has 0 unspecified atom stereocenters. The maximum atomic E-state index is 13.0. The first-order chi connectivity index (χ1) is 8.56. The Bertz CT molecular complexity index is 604. The highest BCUT2D eigenvalue weighted by molar-refractivity contribution is 9.10. The van der Waals surface area contributed by atoms with Gasteiger partial charge in [-0.3, -0.25) is 4.79 Å². The Morgan fingerprint density at radius 2 is 2.00 bits per heavy atom. The van der Waals surface area contributed by atoms with Gasteiger partial charge in [0, 0.05) is 5.56 Å². The number of amides is 1. The second kappa shape index (κ2) is 5.22. The minimum atomic E-state index is -0.687. The largest absolute Gasteiger partial charge is 0.306 e. The van der Waals surface area contributed by atoms with Crippen molar-refractivity contribution in [3.63, 3.8) is 0 Å². The SMILES string of the molecule is O=C(Nc1cccc(F)n1)c1ccc(F)c(Br)c1. The summed E-state index contributed by atoms with van der Waals surface area (Å²) in [6.45, 7) is 0. The molecule has 18 heavy (non-hydrogen) atoms. The van der Waals surface area contributed by atoms with Gasteiger partial charge in [0.2, 0.25) is 5.95 Å². The summed E-state index contributed by atoms with van der Waals surface area (Å²) in [5.74, 6) is -1.54. The van der Waals surface area contributed by atoms with Gasteiger partial charge < -0.3 is 5.32 Å². The number of nitrogens with zero attached hydrogens (tertiary/aromatic N) is 1. The highest BCUT2D eigenvalue weighted by Crippen LogP contribution is 2.17. The van der Waals surface area contributed by atoms with E-state index in [1.54, 1.807) is 0 Å². The maximum Gasteiger partial charge on any atom is 0.256 e. The average molecular weight is 313 g/mol. The van der Waals surface area contributed by atoms with Gasteiger partial charge in [0.15, 0.2) is 0 Å². The van der Waals surface area contributed by atoms with Gasteiger partial charge >= 0.3 is 0 Å². The van der Waals surface area contributed by atoms with Gasteiger partial charge in [-0.15, -0.1) is 0 Å². The molecule has 0 atom stereocenters. The Labute approximate surface area is 110 Å². The summed E-state index contributed by atoms with van der Waals surface area (Å²) in [7, 11) is 0. The van der Waals surface area contributed by atoms with Gasteiger partial charge in [-0.1, -0.05) is 6.07 Å². The fourth-order valence-electron chi connectivity index (χ4n) is 1.30. The van der Waals surface area contributed by atoms with Crippen molar-refractivity contribution in [1.82, 2.24) is 4.98 Å². The molecular formula is C12H7BrF2N2O. The number of hydrogen-bond donors (Lipinski definition) is 1. The summed E-state index contributed by atoms with van der Waals surface area (Å²) in [6.07, 6.45) is 0. The van der Waals surface area contributed by atoms with Gasteiger partial charge in [-0.2, -0.15) is 4.39 Å². The van der Waals surface area contributed by atoms with E-state index >= 15 is 0 Å². The van der Waals surface area contributed by atoms with Gasteiger partial charge in [-0.25, -0.2) is 9.37 Å². The number of carbonyl (C=O) groups is 1. The molecule has 1 amide bonds. The van der Waals surface area contributed by atoms with E-state index in [0.29, 0.717) is 0 Å². The third-order valence-electron chi connectivity index (χ3n) is 2.14. The fraction of sp³-hybridized carbons (Fsp3) is 0. The van der Waals surface area contributed by atoms with Crippen LogP contribution in [0.25, 0.3) is 0 Å². The summed E-state index contributed by atoms with van der Waals surface area (Å²) >= 11 is 2.98. The lowest BCUT2D eigenvalue weighted by molar-refractivity contribution is 0.102. The number of carbonyl (C=O) groups excluding carboxylic acids is 1. The van der Waals surface area contributed by atoms with Crippen molar-refractivity contribution >= 4 is 27.7 Å². The van der Waals surface area contributed by atoms with Gasteiger partial charge in [0.1, 0.15) is 11.6 Å². The molecule has 0 aliphatic heterocycles. The van der Waals surface area contributed by atoms with Crippen LogP contribution in [0.15, 0.2) is 40.9 Å². The van der Waals surface area contributed by atoms with Gasteiger partial charge in [-0.05, 0) is 46.3 Å². The second-order valence-corrected chi connectivity index (χ2v) is 4.28. The van der Waals surface area contributed by atoms with Gasteiger partial charge in [0.05, 0.1) is 4.47 Å². The lowest BCUT2D eigenvalue weighted by atomic mass is 10.2. The molecule has 1 N–H and O–H groups in total. The minimum absolute atomic E-state index is 0.0976. The van der Waals surface area contributed by atoms with Crippen molar-refractivity contribution in [3.05, 3.63) is 58.2 Å².